The fraction of sp³-hybridized carbons (Fsp3) is 0.973. The van der Waals surface area contributed by atoms with E-state index < -0.39 is 12.1 Å². The molecular formula is C73H145NO5. The topological polar surface area (TPSA) is 95.9 Å². The third-order valence-electron chi connectivity index (χ3n) is 17.7. The van der Waals surface area contributed by atoms with Crippen molar-refractivity contribution in [2.24, 2.45) is 0 Å². The summed E-state index contributed by atoms with van der Waals surface area (Å²) in [5.41, 5.74) is 0. The first-order chi connectivity index (χ1) is 39.0. The van der Waals surface area contributed by atoms with Crippen LogP contribution in [0.25, 0.3) is 0 Å². The molecule has 0 radical (unpaired) electrons. The third kappa shape index (κ3) is 65.9. The van der Waals surface area contributed by atoms with Gasteiger partial charge in [0.05, 0.1) is 25.4 Å². The zero-order valence-electron chi connectivity index (χ0n) is 54.2. The Morgan fingerprint density at radius 2 is 0.519 bits per heavy atom. The minimum atomic E-state index is -0.664. The summed E-state index contributed by atoms with van der Waals surface area (Å²) in [6, 6.07) is -0.541. The molecule has 6 nitrogen and oxygen atoms in total. The lowest BCUT2D eigenvalue weighted by molar-refractivity contribution is -0.143. The van der Waals surface area contributed by atoms with E-state index >= 15 is 0 Å². The van der Waals surface area contributed by atoms with Crippen LogP contribution in [0, 0.1) is 0 Å². The Bertz CT molecular complexity index is 1150. The first-order valence-corrected chi connectivity index (χ1v) is 36.8. The maximum absolute atomic E-state index is 12.6. The number of aliphatic hydroxyl groups is 2. The summed E-state index contributed by atoms with van der Waals surface area (Å²) >= 11 is 0. The number of esters is 1. The molecule has 3 N–H and O–H groups in total. The smallest absolute Gasteiger partial charge is 0.305 e. The molecule has 0 aliphatic rings. The fourth-order valence-electron chi connectivity index (χ4n) is 12.1. The summed E-state index contributed by atoms with van der Waals surface area (Å²) in [6.07, 6.45) is 84.5. The van der Waals surface area contributed by atoms with Gasteiger partial charge in [-0.3, -0.25) is 9.59 Å². The van der Waals surface area contributed by atoms with Gasteiger partial charge in [-0.05, 0) is 25.7 Å². The molecular weight excluding hydrogens is 971 g/mol. The summed E-state index contributed by atoms with van der Waals surface area (Å²) in [6.45, 7) is 5.01. The molecule has 6 heteroatoms. The second-order valence-corrected chi connectivity index (χ2v) is 25.6. The maximum Gasteiger partial charge on any atom is 0.305 e. The molecule has 0 spiro atoms. The van der Waals surface area contributed by atoms with Crippen LogP contribution in [0.1, 0.15) is 431 Å². The number of carbonyl (C=O) groups excluding carboxylic acids is 2. The van der Waals surface area contributed by atoms with Crippen LogP contribution in [-0.2, 0) is 14.3 Å². The second kappa shape index (κ2) is 69.4. The molecule has 0 aromatic rings. The minimum Gasteiger partial charge on any atom is -0.466 e. The molecule has 0 saturated heterocycles. The summed E-state index contributed by atoms with van der Waals surface area (Å²) in [4.78, 5) is 24.6. The highest BCUT2D eigenvalue weighted by Gasteiger charge is 2.20. The van der Waals surface area contributed by atoms with Crippen LogP contribution in [0.5, 0.6) is 0 Å². The molecule has 0 aliphatic carbocycles. The van der Waals surface area contributed by atoms with Gasteiger partial charge in [0.1, 0.15) is 0 Å². The number of hydrogen-bond acceptors (Lipinski definition) is 5. The Hall–Kier alpha value is -1.14. The van der Waals surface area contributed by atoms with E-state index in [9.17, 15) is 19.8 Å². The van der Waals surface area contributed by atoms with Gasteiger partial charge in [0.2, 0.25) is 5.91 Å². The highest BCUT2D eigenvalue weighted by Crippen LogP contribution is 2.20. The van der Waals surface area contributed by atoms with Crippen molar-refractivity contribution in [3.8, 4) is 0 Å². The van der Waals surface area contributed by atoms with Gasteiger partial charge in [-0.25, -0.2) is 0 Å². The third-order valence-corrected chi connectivity index (χ3v) is 17.7. The molecule has 0 rings (SSSR count). The van der Waals surface area contributed by atoms with Crippen molar-refractivity contribution in [3.63, 3.8) is 0 Å². The van der Waals surface area contributed by atoms with E-state index in [4.69, 9.17) is 4.74 Å². The Balaban J connectivity index is 3.35. The lowest BCUT2D eigenvalue weighted by atomic mass is 10.0. The van der Waals surface area contributed by atoms with Crippen molar-refractivity contribution in [1.29, 1.82) is 0 Å². The summed E-state index contributed by atoms with van der Waals surface area (Å²) in [5.74, 6) is -0.00824. The summed E-state index contributed by atoms with van der Waals surface area (Å²) < 4.78 is 5.50. The highest BCUT2D eigenvalue weighted by molar-refractivity contribution is 5.76. The molecule has 0 heterocycles. The number of hydrogen-bond donors (Lipinski definition) is 3. The molecule has 1 amide bonds. The normalized spacial score (nSPS) is 12.4. The van der Waals surface area contributed by atoms with Gasteiger partial charge in [0.25, 0.3) is 0 Å². The molecule has 0 fully saturated rings. The first kappa shape index (κ1) is 77.9. The quantitative estimate of drug-likeness (QED) is 0.0417. The number of aliphatic hydroxyl groups excluding tert-OH is 2. The highest BCUT2D eigenvalue weighted by atomic mass is 16.5. The van der Waals surface area contributed by atoms with E-state index in [-0.39, 0.29) is 18.5 Å². The van der Waals surface area contributed by atoms with Crippen LogP contribution in [0.3, 0.4) is 0 Å². The largest absolute Gasteiger partial charge is 0.466 e. The minimum absolute atomic E-state index is 0.0194. The fourth-order valence-corrected chi connectivity index (χ4v) is 12.1. The number of rotatable bonds is 70. The molecule has 2 atom stereocenters. The predicted octanol–water partition coefficient (Wildman–Crippen LogP) is 23.8. The standard InChI is InChI=1S/C73H145NO5/c1-3-5-7-9-11-13-15-17-19-20-21-22-23-26-29-32-35-38-41-45-49-53-57-61-65-71(76)70(69-75)74-72(77)66-62-58-54-50-46-42-39-36-33-30-27-24-25-28-31-34-37-40-44-48-52-56-60-64-68-79-73(78)67-63-59-55-51-47-43-18-16-14-12-10-8-6-4-2/h70-71,75-76H,3-69H2,1-2H3,(H,74,77). The van der Waals surface area contributed by atoms with E-state index in [1.807, 2.05) is 0 Å². The second-order valence-electron chi connectivity index (χ2n) is 25.6. The molecule has 2 unspecified atom stereocenters. The number of carbonyl (C=O) groups is 2. The van der Waals surface area contributed by atoms with Crippen LogP contribution in [0.4, 0.5) is 0 Å². The number of nitrogens with one attached hydrogen (secondary N) is 1. The van der Waals surface area contributed by atoms with Crippen molar-refractivity contribution in [1.82, 2.24) is 5.32 Å². The Labute approximate surface area is 496 Å². The lowest BCUT2D eigenvalue weighted by Gasteiger charge is -2.22. The van der Waals surface area contributed by atoms with Gasteiger partial charge < -0.3 is 20.3 Å². The van der Waals surface area contributed by atoms with E-state index in [1.165, 1.54) is 360 Å². The molecule has 79 heavy (non-hydrogen) atoms. The van der Waals surface area contributed by atoms with Gasteiger partial charge in [-0.1, -0.05) is 393 Å². The molecule has 472 valence electrons. The molecule has 0 aliphatic heterocycles. The predicted molar refractivity (Wildman–Crippen MR) is 347 cm³/mol. The van der Waals surface area contributed by atoms with Crippen LogP contribution >= 0.6 is 0 Å². The van der Waals surface area contributed by atoms with Gasteiger partial charge >= 0.3 is 5.97 Å². The molecule has 0 aromatic heterocycles. The zero-order chi connectivity index (χ0) is 57.1. The molecule has 0 bridgehead atoms. The van der Waals surface area contributed by atoms with Crippen LogP contribution < -0.4 is 5.32 Å². The van der Waals surface area contributed by atoms with E-state index in [0.717, 1.165) is 38.5 Å². The Morgan fingerprint density at radius 3 is 0.772 bits per heavy atom. The first-order valence-electron chi connectivity index (χ1n) is 36.8. The van der Waals surface area contributed by atoms with Crippen molar-refractivity contribution in [3.05, 3.63) is 0 Å². The summed E-state index contributed by atoms with van der Waals surface area (Å²) in [7, 11) is 0. The average molecular weight is 1120 g/mol. The van der Waals surface area contributed by atoms with Gasteiger partial charge in [0.15, 0.2) is 0 Å². The van der Waals surface area contributed by atoms with E-state index in [0.29, 0.717) is 25.9 Å². The average Bonchev–Trinajstić information content (AvgIpc) is 3.45. The number of unbranched alkanes of at least 4 members (excludes halogenated alkanes) is 59. The summed E-state index contributed by atoms with van der Waals surface area (Å²) in [5, 5.41) is 23.5. The van der Waals surface area contributed by atoms with Crippen molar-refractivity contribution >= 4 is 11.9 Å². The maximum atomic E-state index is 12.6. The van der Waals surface area contributed by atoms with Crippen molar-refractivity contribution < 1.29 is 24.5 Å². The lowest BCUT2D eigenvalue weighted by Crippen LogP contribution is -2.45. The zero-order valence-corrected chi connectivity index (χ0v) is 54.2. The van der Waals surface area contributed by atoms with Crippen LogP contribution in [-0.4, -0.2) is 47.4 Å². The number of ether oxygens (including phenoxy) is 1. The van der Waals surface area contributed by atoms with Gasteiger partial charge in [-0.15, -0.1) is 0 Å². The Kier molecular flexibility index (Phi) is 68.4. The Morgan fingerprint density at radius 1 is 0.304 bits per heavy atom. The van der Waals surface area contributed by atoms with Crippen LogP contribution in [0.15, 0.2) is 0 Å². The molecule has 0 aromatic carbocycles. The van der Waals surface area contributed by atoms with E-state index in [2.05, 4.69) is 19.2 Å². The molecule has 0 saturated carbocycles. The SMILES string of the molecule is CCCCCCCCCCCCCCCCCCCCCCCCCCC(O)C(CO)NC(=O)CCCCCCCCCCCCCCCCCCCCCCCCCCOC(=O)CCCCCCCCCCCCCCCC. The van der Waals surface area contributed by atoms with E-state index in [1.54, 1.807) is 0 Å². The van der Waals surface area contributed by atoms with Gasteiger partial charge in [-0.2, -0.15) is 0 Å². The van der Waals surface area contributed by atoms with Crippen molar-refractivity contribution in [2.45, 2.75) is 443 Å². The van der Waals surface area contributed by atoms with Crippen LogP contribution in [0.2, 0.25) is 0 Å². The van der Waals surface area contributed by atoms with Crippen molar-refractivity contribution in [2.75, 3.05) is 13.2 Å². The van der Waals surface area contributed by atoms with Gasteiger partial charge in [0, 0.05) is 12.8 Å². The monoisotopic (exact) mass is 1120 g/mol. The number of amides is 1.